The van der Waals surface area contributed by atoms with Gasteiger partial charge in [-0.1, -0.05) is 0 Å². The maximum absolute atomic E-state index is 13.2. The van der Waals surface area contributed by atoms with Crippen LogP contribution in [-0.2, 0) is 9.53 Å². The highest BCUT2D eigenvalue weighted by Crippen LogP contribution is 2.29. The zero-order valence-electron chi connectivity index (χ0n) is 12.8. The van der Waals surface area contributed by atoms with Crippen molar-refractivity contribution >= 4 is 11.6 Å². The Morgan fingerprint density at radius 3 is 2.86 bits per heavy atom. The van der Waals surface area contributed by atoms with E-state index in [1.807, 2.05) is 0 Å². The molecule has 0 unspecified atom stereocenters. The van der Waals surface area contributed by atoms with E-state index in [9.17, 15) is 9.18 Å². The van der Waals surface area contributed by atoms with Crippen molar-refractivity contribution in [2.75, 3.05) is 19.1 Å². The molecule has 4 nitrogen and oxygen atoms in total. The quantitative estimate of drug-likeness (QED) is 0.837. The number of nitrogens with zero attached hydrogens (tertiary/aromatic N) is 1. The average molecular weight is 295 g/mol. The van der Waals surface area contributed by atoms with Crippen LogP contribution in [0.1, 0.15) is 32.6 Å². The molecule has 1 aromatic rings. The van der Waals surface area contributed by atoms with Crippen LogP contribution in [-0.4, -0.2) is 32.3 Å². The van der Waals surface area contributed by atoms with E-state index >= 15 is 0 Å². The van der Waals surface area contributed by atoms with Gasteiger partial charge in [0.1, 0.15) is 11.6 Å². The molecule has 1 saturated heterocycles. The third kappa shape index (κ3) is 3.94. The third-order valence-corrected chi connectivity index (χ3v) is 3.88. The van der Waals surface area contributed by atoms with Crippen LogP contribution in [0.2, 0.25) is 0 Å². The summed E-state index contributed by atoms with van der Waals surface area (Å²) in [7, 11) is 3.14. The molecule has 0 N–H and O–H groups in total. The number of ether oxygens (including phenoxy) is 2. The Morgan fingerprint density at radius 2 is 2.24 bits per heavy atom. The molecule has 1 fully saturated rings. The van der Waals surface area contributed by atoms with E-state index in [1.54, 1.807) is 13.1 Å². The lowest BCUT2D eigenvalue weighted by atomic mass is 10.1. The van der Waals surface area contributed by atoms with Crippen molar-refractivity contribution in [2.24, 2.45) is 0 Å². The molecule has 0 radical (unpaired) electrons. The van der Waals surface area contributed by atoms with E-state index in [0.29, 0.717) is 24.0 Å². The Balaban J connectivity index is 1.95. The van der Waals surface area contributed by atoms with Crippen LogP contribution in [0.25, 0.3) is 0 Å². The fraction of sp³-hybridized carbons (Fsp3) is 0.562. The minimum Gasteiger partial charge on any atom is -0.494 e. The molecule has 1 aromatic carbocycles. The summed E-state index contributed by atoms with van der Waals surface area (Å²) in [5.41, 5.74) is 0.574. The van der Waals surface area contributed by atoms with Crippen molar-refractivity contribution in [3.63, 3.8) is 0 Å². The molecule has 1 aliphatic rings. The molecule has 1 amide bonds. The minimum atomic E-state index is -0.384. The standard InChI is InChI=1S/C16H22FNO3/c1-11-4-6-13(21-11)7-9-16(19)18(2)14-8-5-12(17)10-15(14)20-3/h5,8,10-11,13H,4,6-7,9H2,1-3H3/t11-,13-/m1/s1. The monoisotopic (exact) mass is 295 g/mol. The van der Waals surface area contributed by atoms with Crippen molar-refractivity contribution in [2.45, 2.75) is 44.8 Å². The first-order valence-electron chi connectivity index (χ1n) is 7.26. The van der Waals surface area contributed by atoms with Gasteiger partial charge in [0.15, 0.2) is 0 Å². The van der Waals surface area contributed by atoms with Gasteiger partial charge in [0.05, 0.1) is 25.0 Å². The molecule has 21 heavy (non-hydrogen) atoms. The molecule has 116 valence electrons. The smallest absolute Gasteiger partial charge is 0.226 e. The zero-order chi connectivity index (χ0) is 15.4. The average Bonchev–Trinajstić information content (AvgIpc) is 2.89. The summed E-state index contributed by atoms with van der Waals surface area (Å²) in [6.07, 6.45) is 3.66. The van der Waals surface area contributed by atoms with E-state index in [0.717, 1.165) is 19.3 Å². The molecule has 0 bridgehead atoms. The Kier molecular flexibility index (Phi) is 5.17. The number of carbonyl (C=O) groups is 1. The van der Waals surface area contributed by atoms with Crippen LogP contribution >= 0.6 is 0 Å². The molecule has 5 heteroatoms. The maximum atomic E-state index is 13.2. The van der Waals surface area contributed by atoms with Crippen LogP contribution in [0.4, 0.5) is 10.1 Å². The van der Waals surface area contributed by atoms with Gasteiger partial charge in [-0.25, -0.2) is 4.39 Å². The van der Waals surface area contributed by atoms with Crippen molar-refractivity contribution in [3.05, 3.63) is 24.0 Å². The van der Waals surface area contributed by atoms with Crippen LogP contribution < -0.4 is 9.64 Å². The van der Waals surface area contributed by atoms with Gasteiger partial charge in [0.2, 0.25) is 5.91 Å². The minimum absolute atomic E-state index is 0.0249. The number of rotatable bonds is 5. The fourth-order valence-electron chi connectivity index (χ4n) is 2.61. The first kappa shape index (κ1) is 15.8. The number of hydrogen-bond acceptors (Lipinski definition) is 3. The van der Waals surface area contributed by atoms with Crippen molar-refractivity contribution in [3.8, 4) is 5.75 Å². The number of hydrogen-bond donors (Lipinski definition) is 0. The number of halogens is 1. The van der Waals surface area contributed by atoms with Gasteiger partial charge in [-0.3, -0.25) is 4.79 Å². The zero-order valence-corrected chi connectivity index (χ0v) is 12.8. The second-order valence-corrected chi connectivity index (χ2v) is 5.45. The van der Waals surface area contributed by atoms with Crippen molar-refractivity contribution in [1.82, 2.24) is 0 Å². The normalized spacial score (nSPS) is 21.3. The number of amides is 1. The molecule has 0 spiro atoms. The summed E-state index contributed by atoms with van der Waals surface area (Å²) >= 11 is 0. The van der Waals surface area contributed by atoms with Gasteiger partial charge < -0.3 is 14.4 Å². The van der Waals surface area contributed by atoms with Crippen LogP contribution in [0.15, 0.2) is 18.2 Å². The van der Waals surface area contributed by atoms with Crippen molar-refractivity contribution < 1.29 is 18.7 Å². The molecule has 0 saturated carbocycles. The Hall–Kier alpha value is -1.62. The summed E-state index contributed by atoms with van der Waals surface area (Å²) in [4.78, 5) is 13.8. The second kappa shape index (κ2) is 6.89. The highest BCUT2D eigenvalue weighted by molar-refractivity contribution is 5.94. The van der Waals surface area contributed by atoms with Crippen LogP contribution in [0, 0.1) is 5.82 Å². The Morgan fingerprint density at radius 1 is 1.48 bits per heavy atom. The topological polar surface area (TPSA) is 38.8 Å². The fourth-order valence-corrected chi connectivity index (χ4v) is 2.61. The molecule has 0 aliphatic carbocycles. The van der Waals surface area contributed by atoms with Gasteiger partial charge in [-0.15, -0.1) is 0 Å². The lowest BCUT2D eigenvalue weighted by Crippen LogP contribution is -2.27. The van der Waals surface area contributed by atoms with Crippen LogP contribution in [0.3, 0.4) is 0 Å². The van der Waals surface area contributed by atoms with E-state index < -0.39 is 0 Å². The van der Waals surface area contributed by atoms with Gasteiger partial charge in [-0.2, -0.15) is 0 Å². The largest absolute Gasteiger partial charge is 0.494 e. The van der Waals surface area contributed by atoms with Gasteiger partial charge in [0, 0.05) is 19.5 Å². The molecule has 2 atom stereocenters. The summed E-state index contributed by atoms with van der Waals surface area (Å²) in [5, 5.41) is 0. The summed E-state index contributed by atoms with van der Waals surface area (Å²) < 4.78 is 24.0. The van der Waals surface area contributed by atoms with E-state index in [1.165, 1.54) is 24.1 Å². The highest BCUT2D eigenvalue weighted by Gasteiger charge is 2.23. The van der Waals surface area contributed by atoms with Gasteiger partial charge in [0.25, 0.3) is 0 Å². The van der Waals surface area contributed by atoms with E-state index in [2.05, 4.69) is 6.92 Å². The number of carbonyl (C=O) groups excluding carboxylic acids is 1. The number of benzene rings is 1. The first-order valence-corrected chi connectivity index (χ1v) is 7.26. The van der Waals surface area contributed by atoms with Gasteiger partial charge in [-0.05, 0) is 38.3 Å². The van der Waals surface area contributed by atoms with Gasteiger partial charge >= 0.3 is 0 Å². The predicted molar refractivity (Wildman–Crippen MR) is 79.2 cm³/mol. The lowest BCUT2D eigenvalue weighted by molar-refractivity contribution is -0.119. The second-order valence-electron chi connectivity index (χ2n) is 5.45. The first-order chi connectivity index (χ1) is 10.0. The third-order valence-electron chi connectivity index (χ3n) is 3.88. The molecule has 1 heterocycles. The maximum Gasteiger partial charge on any atom is 0.226 e. The summed E-state index contributed by atoms with van der Waals surface area (Å²) in [6.45, 7) is 2.05. The number of methoxy groups -OCH3 is 1. The molecular weight excluding hydrogens is 273 g/mol. The molecule has 0 aromatic heterocycles. The highest BCUT2D eigenvalue weighted by atomic mass is 19.1. The van der Waals surface area contributed by atoms with E-state index in [-0.39, 0.29) is 17.8 Å². The summed E-state index contributed by atoms with van der Waals surface area (Å²) in [6, 6.07) is 4.16. The van der Waals surface area contributed by atoms with Crippen LogP contribution in [0.5, 0.6) is 5.75 Å². The van der Waals surface area contributed by atoms with Crippen molar-refractivity contribution in [1.29, 1.82) is 0 Å². The lowest BCUT2D eigenvalue weighted by Gasteiger charge is -2.21. The molecule has 2 rings (SSSR count). The molecular formula is C16H22FNO3. The summed E-state index contributed by atoms with van der Waals surface area (Å²) in [5.74, 6) is -0.0514. The molecule has 1 aliphatic heterocycles. The predicted octanol–water partition coefficient (Wildman–Crippen LogP) is 3.14. The Bertz CT molecular complexity index is 506. The number of anilines is 1. The van der Waals surface area contributed by atoms with E-state index in [4.69, 9.17) is 9.47 Å². The Labute approximate surface area is 124 Å². The SMILES string of the molecule is COc1cc(F)ccc1N(C)C(=O)CC[C@H]1CC[C@@H](C)O1.